The minimum Gasteiger partial charge on any atom is -0.491 e. The lowest BCUT2D eigenvalue weighted by molar-refractivity contribution is -0.144. The summed E-state index contributed by atoms with van der Waals surface area (Å²) in [6, 6.07) is 11.2. The van der Waals surface area contributed by atoms with Crippen LogP contribution in [0.25, 0.3) is 0 Å². The van der Waals surface area contributed by atoms with Crippen molar-refractivity contribution >= 4 is 11.8 Å². The molecule has 7 nitrogen and oxygen atoms in total. The number of hydrogen-bond donors (Lipinski definition) is 0. The van der Waals surface area contributed by atoms with E-state index in [4.69, 9.17) is 4.74 Å². The molecule has 2 aliphatic heterocycles. The number of rotatable bonds is 1. The monoisotopic (exact) mass is 465 g/mol. The Morgan fingerprint density at radius 1 is 0.912 bits per heavy atom. The summed E-state index contributed by atoms with van der Waals surface area (Å²) in [6.45, 7) is 2.09. The highest BCUT2D eigenvalue weighted by Gasteiger charge is 2.43. The Hall–Kier alpha value is -3.09. The molecule has 1 aromatic heterocycles. The third-order valence-corrected chi connectivity index (χ3v) is 7.40. The van der Waals surface area contributed by atoms with Crippen LogP contribution >= 0.6 is 0 Å². The number of aromatic nitrogens is 1. The molecule has 0 unspecified atom stereocenters. The standard InChI is InChI=1S/C27H35N3O4/c1-28-18-19-34-23-10-6-5-9-21(23)8-4-3-7-13-27(26(28)33)14-16-30(17-15-27)25(32)22-11-12-24(31)29(2)20-22/h5-6,9-12,20H,3-4,7-8,13-19H2,1-2H3. The zero-order valence-electron chi connectivity index (χ0n) is 20.3. The number of carbonyl (C=O) groups excluding carboxylic acids is 2. The lowest BCUT2D eigenvalue weighted by Crippen LogP contribution is -2.51. The second-order valence-corrected chi connectivity index (χ2v) is 9.68. The van der Waals surface area contributed by atoms with Crippen LogP contribution in [-0.4, -0.2) is 59.5 Å². The van der Waals surface area contributed by atoms with Crippen LogP contribution in [0.15, 0.2) is 47.4 Å². The number of pyridine rings is 1. The largest absolute Gasteiger partial charge is 0.491 e. The molecule has 0 saturated carbocycles. The molecule has 3 heterocycles. The topological polar surface area (TPSA) is 71.8 Å². The molecule has 1 aromatic carbocycles. The molecule has 1 saturated heterocycles. The van der Waals surface area contributed by atoms with Gasteiger partial charge in [0.2, 0.25) is 11.5 Å². The van der Waals surface area contributed by atoms with Crippen LogP contribution in [0.2, 0.25) is 0 Å². The predicted octanol–water partition coefficient (Wildman–Crippen LogP) is 3.26. The smallest absolute Gasteiger partial charge is 0.255 e. The average molecular weight is 466 g/mol. The quantitative estimate of drug-likeness (QED) is 0.648. The summed E-state index contributed by atoms with van der Waals surface area (Å²) in [5.41, 5.74) is 1.17. The van der Waals surface area contributed by atoms with Gasteiger partial charge in [0.1, 0.15) is 12.4 Å². The number of likely N-dealkylation sites (tertiary alicyclic amines) is 1. The van der Waals surface area contributed by atoms with E-state index in [0.717, 1.165) is 37.9 Å². The van der Waals surface area contributed by atoms with Crippen LogP contribution in [-0.2, 0) is 18.3 Å². The van der Waals surface area contributed by atoms with Crippen molar-refractivity contribution in [2.45, 2.75) is 44.9 Å². The minimum atomic E-state index is -0.435. The molecular formula is C27H35N3O4. The number of piperidine rings is 1. The average Bonchev–Trinajstić information content (AvgIpc) is 2.86. The highest BCUT2D eigenvalue weighted by molar-refractivity contribution is 5.94. The molecule has 2 aliphatic rings. The number of fused-ring (bicyclic) bond motifs is 1. The molecule has 2 amide bonds. The second kappa shape index (κ2) is 10.5. The van der Waals surface area contributed by atoms with Crippen LogP contribution < -0.4 is 10.3 Å². The Morgan fingerprint density at radius 3 is 2.44 bits per heavy atom. The second-order valence-electron chi connectivity index (χ2n) is 9.68. The molecule has 7 heteroatoms. The van der Waals surface area contributed by atoms with E-state index >= 15 is 0 Å². The van der Waals surface area contributed by atoms with Gasteiger partial charge in [-0.15, -0.1) is 0 Å². The lowest BCUT2D eigenvalue weighted by Gasteiger charge is -2.42. The molecule has 1 fully saturated rings. The molecule has 182 valence electrons. The van der Waals surface area contributed by atoms with E-state index in [1.807, 2.05) is 29.0 Å². The third-order valence-electron chi connectivity index (χ3n) is 7.40. The van der Waals surface area contributed by atoms with E-state index in [0.29, 0.717) is 44.6 Å². The fourth-order valence-electron chi connectivity index (χ4n) is 5.22. The number of likely N-dealkylation sites (N-methyl/N-ethyl adjacent to an activating group) is 1. The van der Waals surface area contributed by atoms with Crippen molar-refractivity contribution in [2.24, 2.45) is 12.5 Å². The highest BCUT2D eigenvalue weighted by Crippen LogP contribution is 2.39. The highest BCUT2D eigenvalue weighted by atomic mass is 16.5. The predicted molar refractivity (Wildman–Crippen MR) is 131 cm³/mol. The van der Waals surface area contributed by atoms with Gasteiger partial charge in [0.05, 0.1) is 17.5 Å². The van der Waals surface area contributed by atoms with Gasteiger partial charge in [-0.2, -0.15) is 0 Å². The molecule has 0 radical (unpaired) electrons. The number of carbonyl (C=O) groups is 2. The molecule has 34 heavy (non-hydrogen) atoms. The minimum absolute atomic E-state index is 0.0814. The summed E-state index contributed by atoms with van der Waals surface area (Å²) in [7, 11) is 3.51. The Morgan fingerprint density at radius 2 is 1.68 bits per heavy atom. The Labute approximate surface area is 201 Å². The van der Waals surface area contributed by atoms with E-state index < -0.39 is 5.41 Å². The lowest BCUT2D eigenvalue weighted by atomic mass is 9.73. The first-order valence-corrected chi connectivity index (χ1v) is 12.3. The number of amides is 2. The van der Waals surface area contributed by atoms with Crippen molar-refractivity contribution in [3.8, 4) is 5.75 Å². The molecule has 0 bridgehead atoms. The van der Waals surface area contributed by atoms with Gasteiger partial charge in [0.15, 0.2) is 0 Å². The number of hydrogen-bond acceptors (Lipinski definition) is 4. The van der Waals surface area contributed by atoms with Crippen molar-refractivity contribution in [3.05, 3.63) is 64.1 Å². The Kier molecular flexibility index (Phi) is 7.39. The van der Waals surface area contributed by atoms with Crippen molar-refractivity contribution in [2.75, 3.05) is 33.3 Å². The van der Waals surface area contributed by atoms with Crippen molar-refractivity contribution < 1.29 is 14.3 Å². The fourth-order valence-corrected chi connectivity index (χ4v) is 5.22. The van der Waals surface area contributed by atoms with Gasteiger partial charge in [-0.3, -0.25) is 14.4 Å². The summed E-state index contributed by atoms with van der Waals surface area (Å²) >= 11 is 0. The molecule has 0 atom stereocenters. The summed E-state index contributed by atoms with van der Waals surface area (Å²) in [5, 5.41) is 0. The van der Waals surface area contributed by atoms with Crippen LogP contribution in [0.5, 0.6) is 5.75 Å². The maximum absolute atomic E-state index is 13.6. The molecular weight excluding hydrogens is 430 g/mol. The van der Waals surface area contributed by atoms with Gasteiger partial charge in [0, 0.05) is 39.4 Å². The van der Waals surface area contributed by atoms with Crippen molar-refractivity contribution in [1.29, 1.82) is 0 Å². The third kappa shape index (κ3) is 5.18. The number of para-hydroxylation sites is 1. The number of nitrogens with zero attached hydrogens (tertiary/aromatic N) is 3. The zero-order valence-corrected chi connectivity index (χ0v) is 20.3. The molecule has 4 rings (SSSR count). The first kappa shape index (κ1) is 24.0. The first-order chi connectivity index (χ1) is 16.4. The summed E-state index contributed by atoms with van der Waals surface area (Å²) in [5.74, 6) is 1.00. The number of ether oxygens (including phenoxy) is 1. The van der Waals surface area contributed by atoms with Gasteiger partial charge in [-0.05, 0) is 49.8 Å². The van der Waals surface area contributed by atoms with Gasteiger partial charge < -0.3 is 19.1 Å². The van der Waals surface area contributed by atoms with Crippen LogP contribution in [0, 0.1) is 5.41 Å². The van der Waals surface area contributed by atoms with E-state index in [1.165, 1.54) is 16.2 Å². The van der Waals surface area contributed by atoms with Crippen LogP contribution in [0.3, 0.4) is 0 Å². The summed E-state index contributed by atoms with van der Waals surface area (Å²) in [4.78, 5) is 42.0. The molecule has 0 aliphatic carbocycles. The van der Waals surface area contributed by atoms with Crippen molar-refractivity contribution in [1.82, 2.24) is 14.4 Å². The van der Waals surface area contributed by atoms with Crippen LogP contribution in [0.1, 0.15) is 54.4 Å². The summed E-state index contributed by atoms with van der Waals surface area (Å²) in [6.07, 6.45) is 7.87. The molecule has 2 aromatic rings. The zero-order chi connectivity index (χ0) is 24.1. The van der Waals surface area contributed by atoms with E-state index in [1.54, 1.807) is 19.3 Å². The fraction of sp³-hybridized carbons (Fsp3) is 0.519. The Bertz CT molecular complexity index is 1090. The van der Waals surface area contributed by atoms with Gasteiger partial charge >= 0.3 is 0 Å². The normalized spacial score (nSPS) is 19.4. The first-order valence-electron chi connectivity index (χ1n) is 12.3. The number of aryl methyl sites for hydroxylation is 2. The maximum atomic E-state index is 13.6. The molecule has 0 N–H and O–H groups in total. The van der Waals surface area contributed by atoms with E-state index in [2.05, 4.69) is 12.1 Å². The summed E-state index contributed by atoms with van der Waals surface area (Å²) < 4.78 is 7.46. The van der Waals surface area contributed by atoms with E-state index in [-0.39, 0.29) is 17.4 Å². The maximum Gasteiger partial charge on any atom is 0.255 e. The Balaban J connectivity index is 1.45. The van der Waals surface area contributed by atoms with Crippen LogP contribution in [0.4, 0.5) is 0 Å². The van der Waals surface area contributed by atoms with E-state index in [9.17, 15) is 14.4 Å². The van der Waals surface area contributed by atoms with Gasteiger partial charge in [0.25, 0.3) is 5.91 Å². The van der Waals surface area contributed by atoms with Gasteiger partial charge in [-0.25, -0.2) is 0 Å². The SMILES string of the molecule is CN1CCOc2ccccc2CCCCCC2(CCN(C(=O)c3ccc(=O)n(C)c3)CC2)C1=O. The van der Waals surface area contributed by atoms with Crippen molar-refractivity contribution in [3.63, 3.8) is 0 Å². The van der Waals surface area contributed by atoms with Gasteiger partial charge in [-0.1, -0.05) is 31.0 Å². The number of benzene rings is 1. The molecule has 1 spiro atoms.